The van der Waals surface area contributed by atoms with Crippen LogP contribution in [0.5, 0.6) is 0 Å². The molecule has 0 saturated carbocycles. The summed E-state index contributed by atoms with van der Waals surface area (Å²) in [5, 5.41) is 19.6. The van der Waals surface area contributed by atoms with Gasteiger partial charge in [-0.2, -0.15) is 0 Å². The average molecular weight is 371 g/mol. The Bertz CT molecular complexity index is 440. The van der Waals surface area contributed by atoms with Crippen molar-refractivity contribution in [3.05, 3.63) is 12.2 Å². The minimum atomic E-state index is -1.85. The number of hydrogen-bond donors (Lipinski definition) is 2. The van der Waals surface area contributed by atoms with Crippen molar-refractivity contribution in [2.45, 2.75) is 83.2 Å². The average Bonchev–Trinajstić information content (AvgIpc) is 2.49. The van der Waals surface area contributed by atoms with Gasteiger partial charge in [0.25, 0.3) is 0 Å². The zero-order chi connectivity index (χ0) is 20.1. The van der Waals surface area contributed by atoms with E-state index in [9.17, 15) is 14.7 Å². The van der Waals surface area contributed by atoms with Crippen LogP contribution in [0.4, 0.5) is 0 Å². The standard InChI is InChI=1S/C21H39NO4/c1-5-6-7-8-9-10-11-12-13-14-15-16-19(23)21(26,17-20(24)25)18-22(2,3)4/h15-16,26H,5-14,17-18H2,1-4H3/p+1/t21-/m1/s1. The summed E-state index contributed by atoms with van der Waals surface area (Å²) in [4.78, 5) is 23.3. The smallest absolute Gasteiger partial charge is 0.307 e. The lowest BCUT2D eigenvalue weighted by molar-refractivity contribution is -0.875. The first-order valence-electron chi connectivity index (χ1n) is 10.1. The maximum atomic E-state index is 12.3. The van der Waals surface area contributed by atoms with E-state index in [1.165, 1.54) is 51.0 Å². The Hall–Kier alpha value is -1.20. The van der Waals surface area contributed by atoms with Crippen molar-refractivity contribution in [1.29, 1.82) is 0 Å². The van der Waals surface area contributed by atoms with Gasteiger partial charge in [0.1, 0.15) is 6.54 Å². The number of aliphatic carboxylic acids is 1. The molecule has 0 spiro atoms. The molecule has 0 aromatic rings. The lowest BCUT2D eigenvalue weighted by atomic mass is 9.92. The summed E-state index contributed by atoms with van der Waals surface area (Å²) in [6, 6.07) is 0. The van der Waals surface area contributed by atoms with Gasteiger partial charge in [0.05, 0.1) is 27.6 Å². The monoisotopic (exact) mass is 370 g/mol. The third-order valence-corrected chi connectivity index (χ3v) is 4.38. The number of carbonyl (C=O) groups is 2. The van der Waals surface area contributed by atoms with E-state index in [4.69, 9.17) is 5.11 Å². The van der Waals surface area contributed by atoms with E-state index in [-0.39, 0.29) is 6.54 Å². The Morgan fingerprint density at radius 2 is 1.42 bits per heavy atom. The number of allylic oxidation sites excluding steroid dienone is 1. The lowest BCUT2D eigenvalue weighted by Crippen LogP contribution is -2.54. The number of ketones is 1. The van der Waals surface area contributed by atoms with Crippen LogP contribution in [0.2, 0.25) is 0 Å². The second kappa shape index (κ2) is 13.0. The Morgan fingerprint density at radius 3 is 1.88 bits per heavy atom. The number of hydrogen-bond acceptors (Lipinski definition) is 3. The molecule has 0 amide bonds. The molecule has 152 valence electrons. The molecule has 5 heteroatoms. The summed E-state index contributed by atoms with van der Waals surface area (Å²) >= 11 is 0. The molecule has 0 aromatic heterocycles. The van der Waals surface area contributed by atoms with Crippen LogP contribution in [0.1, 0.15) is 77.6 Å². The maximum Gasteiger partial charge on any atom is 0.307 e. The van der Waals surface area contributed by atoms with Gasteiger partial charge in [-0.05, 0) is 18.9 Å². The number of nitrogens with zero attached hydrogens (tertiary/aromatic N) is 1. The van der Waals surface area contributed by atoms with Gasteiger partial charge >= 0.3 is 5.97 Å². The lowest BCUT2D eigenvalue weighted by Gasteiger charge is -2.33. The summed E-state index contributed by atoms with van der Waals surface area (Å²) in [6.45, 7) is 2.30. The highest BCUT2D eigenvalue weighted by Crippen LogP contribution is 2.17. The number of carbonyl (C=O) groups excluding carboxylic acids is 1. The Labute approximate surface area is 159 Å². The van der Waals surface area contributed by atoms with Crippen molar-refractivity contribution in [2.24, 2.45) is 0 Å². The van der Waals surface area contributed by atoms with Crippen LogP contribution in [-0.4, -0.2) is 59.7 Å². The van der Waals surface area contributed by atoms with Crippen LogP contribution in [0.25, 0.3) is 0 Å². The minimum Gasteiger partial charge on any atom is -0.481 e. The molecule has 0 radical (unpaired) electrons. The molecule has 0 unspecified atom stereocenters. The van der Waals surface area contributed by atoms with Gasteiger partial charge in [-0.25, -0.2) is 0 Å². The largest absolute Gasteiger partial charge is 0.481 e. The highest BCUT2D eigenvalue weighted by Gasteiger charge is 2.41. The van der Waals surface area contributed by atoms with E-state index < -0.39 is 23.8 Å². The van der Waals surface area contributed by atoms with Gasteiger partial charge in [-0.3, -0.25) is 9.59 Å². The Balaban J connectivity index is 4.15. The predicted octanol–water partition coefficient (Wildman–Crippen LogP) is 3.94. The number of carboxylic acids is 1. The second-order valence-corrected chi connectivity index (χ2v) is 8.43. The van der Waals surface area contributed by atoms with E-state index in [0.717, 1.165) is 19.3 Å². The zero-order valence-corrected chi connectivity index (χ0v) is 17.3. The van der Waals surface area contributed by atoms with Crippen LogP contribution in [-0.2, 0) is 9.59 Å². The first-order valence-corrected chi connectivity index (χ1v) is 10.1. The highest BCUT2D eigenvalue weighted by molar-refractivity contribution is 5.99. The molecular weight excluding hydrogens is 330 g/mol. The van der Waals surface area contributed by atoms with E-state index in [1.54, 1.807) is 6.08 Å². The minimum absolute atomic E-state index is 0.0699. The number of aliphatic hydroxyl groups is 1. The van der Waals surface area contributed by atoms with Gasteiger partial charge < -0.3 is 14.7 Å². The summed E-state index contributed by atoms with van der Waals surface area (Å²) in [6.07, 6.45) is 14.6. The van der Waals surface area contributed by atoms with Crippen LogP contribution >= 0.6 is 0 Å². The number of likely N-dealkylation sites (N-methyl/N-ethyl adjacent to an activating group) is 1. The number of unbranched alkanes of at least 4 members (excludes halogenated alkanes) is 9. The zero-order valence-electron chi connectivity index (χ0n) is 17.3. The van der Waals surface area contributed by atoms with E-state index in [0.29, 0.717) is 4.48 Å². The number of quaternary nitrogens is 1. The highest BCUT2D eigenvalue weighted by atomic mass is 16.4. The van der Waals surface area contributed by atoms with Gasteiger partial charge in [-0.1, -0.05) is 64.4 Å². The summed E-state index contributed by atoms with van der Waals surface area (Å²) in [7, 11) is 5.48. The fourth-order valence-corrected chi connectivity index (χ4v) is 3.17. The second-order valence-electron chi connectivity index (χ2n) is 8.43. The fourth-order valence-electron chi connectivity index (χ4n) is 3.17. The van der Waals surface area contributed by atoms with Crippen molar-refractivity contribution in [3.8, 4) is 0 Å². The Morgan fingerprint density at radius 1 is 0.923 bits per heavy atom. The van der Waals surface area contributed by atoms with Gasteiger partial charge in [0.2, 0.25) is 0 Å². The normalized spacial score (nSPS) is 14.5. The molecule has 0 aromatic carbocycles. The van der Waals surface area contributed by atoms with Crippen molar-refractivity contribution in [3.63, 3.8) is 0 Å². The molecule has 0 aliphatic rings. The predicted molar refractivity (Wildman–Crippen MR) is 106 cm³/mol. The molecule has 0 bridgehead atoms. The molecule has 0 fully saturated rings. The van der Waals surface area contributed by atoms with Gasteiger partial charge in [-0.15, -0.1) is 0 Å². The molecule has 0 saturated heterocycles. The molecule has 0 heterocycles. The van der Waals surface area contributed by atoms with Crippen LogP contribution < -0.4 is 0 Å². The summed E-state index contributed by atoms with van der Waals surface area (Å²) in [5.74, 6) is -1.68. The molecule has 5 nitrogen and oxygen atoms in total. The topological polar surface area (TPSA) is 74.6 Å². The molecule has 0 rings (SSSR count). The number of rotatable bonds is 16. The summed E-state index contributed by atoms with van der Waals surface area (Å²) in [5.41, 5.74) is -1.85. The molecular formula is C21H40NO4+. The van der Waals surface area contributed by atoms with Crippen LogP contribution in [0, 0.1) is 0 Å². The van der Waals surface area contributed by atoms with Crippen LogP contribution in [0.3, 0.4) is 0 Å². The van der Waals surface area contributed by atoms with Crippen molar-refractivity contribution >= 4 is 11.8 Å². The van der Waals surface area contributed by atoms with Crippen molar-refractivity contribution in [2.75, 3.05) is 27.7 Å². The molecule has 2 N–H and O–H groups in total. The fraction of sp³-hybridized carbons (Fsp3) is 0.810. The first-order chi connectivity index (χ1) is 12.1. The van der Waals surface area contributed by atoms with Gasteiger partial charge in [0, 0.05) is 0 Å². The van der Waals surface area contributed by atoms with E-state index in [1.807, 2.05) is 21.1 Å². The molecule has 1 atom stereocenters. The van der Waals surface area contributed by atoms with Crippen molar-refractivity contribution in [1.82, 2.24) is 0 Å². The number of carboxylic acid groups (broad SMARTS) is 1. The first kappa shape index (κ1) is 24.8. The van der Waals surface area contributed by atoms with Gasteiger partial charge in [0.15, 0.2) is 11.4 Å². The van der Waals surface area contributed by atoms with Crippen molar-refractivity contribution < 1.29 is 24.3 Å². The third kappa shape index (κ3) is 13.1. The Kier molecular flexibility index (Phi) is 12.4. The quantitative estimate of drug-likeness (QED) is 0.245. The van der Waals surface area contributed by atoms with E-state index in [2.05, 4.69) is 6.92 Å². The third-order valence-electron chi connectivity index (χ3n) is 4.38. The summed E-state index contributed by atoms with van der Waals surface area (Å²) < 4.78 is 0.321. The SMILES string of the molecule is CCCCCCCCCCCC=CC(=O)[C@@](O)(CC(=O)O)C[N+](C)(C)C. The molecule has 0 aliphatic carbocycles. The van der Waals surface area contributed by atoms with E-state index >= 15 is 0 Å². The maximum absolute atomic E-state index is 12.3. The molecule has 26 heavy (non-hydrogen) atoms. The van der Waals surface area contributed by atoms with Crippen LogP contribution in [0.15, 0.2) is 12.2 Å². The molecule has 0 aliphatic heterocycles.